The molecule has 0 aliphatic carbocycles. The van der Waals surface area contributed by atoms with E-state index in [-0.39, 0.29) is 30.3 Å². The number of nitriles is 1. The van der Waals surface area contributed by atoms with Crippen LogP contribution in [0.25, 0.3) is 16.6 Å². The highest BCUT2D eigenvalue weighted by Gasteiger charge is 2.20. The van der Waals surface area contributed by atoms with E-state index in [1.54, 1.807) is 12.1 Å². The number of hydrogen-bond acceptors (Lipinski definition) is 5. The topological polar surface area (TPSA) is 74.3 Å². The maximum Gasteiger partial charge on any atom is 0.237 e. The molecule has 2 aromatic carbocycles. The number of amides is 1. The lowest BCUT2D eigenvalue weighted by Crippen LogP contribution is -2.34. The van der Waals surface area contributed by atoms with E-state index in [0.717, 1.165) is 16.5 Å². The molecule has 0 aliphatic rings. The number of halogens is 1. The summed E-state index contributed by atoms with van der Waals surface area (Å²) in [5.41, 5.74) is 2.94. The summed E-state index contributed by atoms with van der Waals surface area (Å²) in [6.45, 7) is 2.15. The number of thioether (sulfide) groups is 1. The van der Waals surface area contributed by atoms with Gasteiger partial charge < -0.3 is 4.90 Å². The van der Waals surface area contributed by atoms with Gasteiger partial charge in [0.15, 0.2) is 10.8 Å². The lowest BCUT2D eigenvalue weighted by molar-refractivity contribution is -0.116. The lowest BCUT2D eigenvalue weighted by atomic mass is 10.1. The van der Waals surface area contributed by atoms with Crippen molar-refractivity contribution in [3.63, 3.8) is 0 Å². The van der Waals surface area contributed by atoms with Gasteiger partial charge in [-0.1, -0.05) is 42.1 Å². The molecule has 0 saturated heterocycles. The molecule has 0 atom stereocenters. The van der Waals surface area contributed by atoms with Crippen molar-refractivity contribution in [1.82, 2.24) is 14.6 Å². The summed E-state index contributed by atoms with van der Waals surface area (Å²) in [6.07, 6.45) is 0.114. The number of rotatable bonds is 6. The van der Waals surface area contributed by atoms with E-state index in [4.69, 9.17) is 5.26 Å². The molecule has 0 radical (unpaired) electrons. The summed E-state index contributed by atoms with van der Waals surface area (Å²) in [5.74, 6) is -0.750. The molecule has 4 rings (SSSR count). The number of carbonyl (C=O) groups is 1. The van der Waals surface area contributed by atoms with Crippen molar-refractivity contribution in [2.45, 2.75) is 18.5 Å². The summed E-state index contributed by atoms with van der Waals surface area (Å²) in [5, 5.41) is 19.1. The van der Waals surface area contributed by atoms with E-state index in [2.05, 4.69) is 10.2 Å². The maximum atomic E-state index is 14.3. The molecule has 8 heteroatoms. The minimum Gasteiger partial charge on any atom is -0.308 e. The van der Waals surface area contributed by atoms with Gasteiger partial charge in [0.05, 0.1) is 29.4 Å². The minimum atomic E-state index is -0.497. The Labute approximate surface area is 176 Å². The van der Waals surface area contributed by atoms with E-state index in [9.17, 15) is 9.18 Å². The summed E-state index contributed by atoms with van der Waals surface area (Å²) in [4.78, 5) is 14.2. The predicted octanol–water partition coefficient (Wildman–Crippen LogP) is 4.37. The Hall–Kier alpha value is -3.44. The highest BCUT2D eigenvalue weighted by Crippen LogP contribution is 2.27. The van der Waals surface area contributed by atoms with Gasteiger partial charge >= 0.3 is 0 Å². The number of aryl methyl sites for hydroxylation is 1. The van der Waals surface area contributed by atoms with Crippen molar-refractivity contribution >= 4 is 39.9 Å². The van der Waals surface area contributed by atoms with Crippen LogP contribution in [0.15, 0.2) is 59.8 Å². The molecule has 150 valence electrons. The number of nitrogens with zero attached hydrogens (tertiary/aromatic N) is 5. The standard InChI is InChI=1S/C22H18FN5OS/c1-15-13-20-25-26-22(28(20)18-9-4-2-7-16(15)18)30-14-21(29)27(12-6-11-24)19-10-5-3-8-17(19)23/h2-5,7-10,13H,6,12,14H2,1H3. The normalized spacial score (nSPS) is 11.0. The van der Waals surface area contributed by atoms with E-state index < -0.39 is 5.82 Å². The quantitative estimate of drug-likeness (QED) is 0.434. The van der Waals surface area contributed by atoms with Gasteiger partial charge in [-0.25, -0.2) is 4.39 Å². The first-order chi connectivity index (χ1) is 14.6. The van der Waals surface area contributed by atoms with Crippen LogP contribution >= 0.6 is 11.8 Å². The van der Waals surface area contributed by atoms with Crippen molar-refractivity contribution < 1.29 is 9.18 Å². The van der Waals surface area contributed by atoms with Gasteiger partial charge in [0.1, 0.15) is 5.82 Å². The average Bonchev–Trinajstić information content (AvgIpc) is 3.16. The van der Waals surface area contributed by atoms with Crippen molar-refractivity contribution in [2.75, 3.05) is 17.2 Å². The number of hydrogen-bond donors (Lipinski definition) is 0. The third-order valence-electron chi connectivity index (χ3n) is 4.79. The SMILES string of the molecule is Cc1cc2nnc(SCC(=O)N(CCC#N)c3ccccc3F)n2c2ccccc12. The first-order valence-electron chi connectivity index (χ1n) is 9.38. The van der Waals surface area contributed by atoms with Crippen molar-refractivity contribution in [3.05, 3.63) is 66.0 Å². The summed E-state index contributed by atoms with van der Waals surface area (Å²) in [6, 6.07) is 18.0. The fourth-order valence-corrected chi connectivity index (χ4v) is 4.21. The molecule has 2 aromatic heterocycles. The molecule has 30 heavy (non-hydrogen) atoms. The van der Waals surface area contributed by atoms with E-state index in [1.165, 1.54) is 28.8 Å². The Balaban J connectivity index is 1.63. The van der Waals surface area contributed by atoms with Crippen LogP contribution in [0.2, 0.25) is 0 Å². The van der Waals surface area contributed by atoms with E-state index >= 15 is 0 Å². The first kappa shape index (κ1) is 19.9. The van der Waals surface area contributed by atoms with E-state index in [0.29, 0.717) is 10.8 Å². The number of carbonyl (C=O) groups excluding carboxylic acids is 1. The highest BCUT2D eigenvalue weighted by atomic mass is 32.2. The molecule has 6 nitrogen and oxygen atoms in total. The molecule has 0 spiro atoms. The summed E-state index contributed by atoms with van der Waals surface area (Å²) in [7, 11) is 0. The summed E-state index contributed by atoms with van der Waals surface area (Å²) < 4.78 is 16.2. The summed E-state index contributed by atoms with van der Waals surface area (Å²) >= 11 is 1.24. The van der Waals surface area contributed by atoms with Crippen molar-refractivity contribution in [2.24, 2.45) is 0 Å². The Morgan fingerprint density at radius 1 is 1.20 bits per heavy atom. The van der Waals surface area contributed by atoms with Gasteiger partial charge in [-0.15, -0.1) is 10.2 Å². The third kappa shape index (κ3) is 3.72. The Kier molecular flexibility index (Phi) is 5.63. The van der Waals surface area contributed by atoms with Gasteiger partial charge in [0, 0.05) is 11.9 Å². The minimum absolute atomic E-state index is 0.0444. The zero-order valence-corrected chi connectivity index (χ0v) is 17.1. The second kappa shape index (κ2) is 8.51. The smallest absolute Gasteiger partial charge is 0.237 e. The molecular weight excluding hydrogens is 401 g/mol. The third-order valence-corrected chi connectivity index (χ3v) is 5.70. The van der Waals surface area contributed by atoms with Crippen molar-refractivity contribution in [3.8, 4) is 6.07 Å². The van der Waals surface area contributed by atoms with Crippen LogP contribution in [0.4, 0.5) is 10.1 Å². The van der Waals surface area contributed by atoms with E-state index in [1.807, 2.05) is 47.7 Å². The molecule has 4 aromatic rings. The molecule has 0 saturated carbocycles. The second-order valence-electron chi connectivity index (χ2n) is 6.71. The number of pyridine rings is 1. The molecule has 0 unspecified atom stereocenters. The van der Waals surface area contributed by atoms with Crippen LogP contribution in [0.1, 0.15) is 12.0 Å². The van der Waals surface area contributed by atoms with Crippen LogP contribution in [-0.2, 0) is 4.79 Å². The van der Waals surface area contributed by atoms with Gasteiger partial charge in [-0.05, 0) is 36.8 Å². The number of anilines is 1. The Morgan fingerprint density at radius 3 is 2.77 bits per heavy atom. The monoisotopic (exact) mass is 419 g/mol. The van der Waals surface area contributed by atoms with Crippen molar-refractivity contribution in [1.29, 1.82) is 5.26 Å². The largest absolute Gasteiger partial charge is 0.308 e. The fraction of sp³-hybridized carbons (Fsp3) is 0.182. The highest BCUT2D eigenvalue weighted by molar-refractivity contribution is 7.99. The number of aromatic nitrogens is 3. The average molecular weight is 419 g/mol. The number of fused-ring (bicyclic) bond motifs is 3. The zero-order valence-electron chi connectivity index (χ0n) is 16.2. The Bertz CT molecular complexity index is 1280. The van der Waals surface area contributed by atoms with Crippen LogP contribution in [0.5, 0.6) is 0 Å². The molecule has 1 amide bonds. The molecule has 0 bridgehead atoms. The van der Waals surface area contributed by atoms with Gasteiger partial charge in [-0.3, -0.25) is 9.20 Å². The molecular formula is C22H18FN5OS. The van der Waals surface area contributed by atoms with Gasteiger partial charge in [0.2, 0.25) is 5.91 Å². The number of para-hydroxylation sites is 2. The van der Waals surface area contributed by atoms with Crippen LogP contribution < -0.4 is 4.90 Å². The maximum absolute atomic E-state index is 14.3. The van der Waals surface area contributed by atoms with Gasteiger partial charge in [0.25, 0.3) is 0 Å². The molecule has 0 N–H and O–H groups in total. The predicted molar refractivity (Wildman–Crippen MR) is 115 cm³/mol. The van der Waals surface area contributed by atoms with Gasteiger partial charge in [-0.2, -0.15) is 5.26 Å². The van der Waals surface area contributed by atoms with Crippen LogP contribution in [-0.4, -0.2) is 32.8 Å². The number of benzene rings is 2. The fourth-order valence-electron chi connectivity index (χ4n) is 3.38. The zero-order chi connectivity index (χ0) is 21.1. The van der Waals surface area contributed by atoms with Crippen LogP contribution in [0, 0.1) is 24.1 Å². The lowest BCUT2D eigenvalue weighted by Gasteiger charge is -2.22. The first-order valence-corrected chi connectivity index (χ1v) is 10.4. The molecule has 0 aliphatic heterocycles. The second-order valence-corrected chi connectivity index (χ2v) is 7.66. The molecule has 0 fully saturated rings. The van der Waals surface area contributed by atoms with Crippen LogP contribution in [0.3, 0.4) is 0 Å². The Morgan fingerprint density at radius 2 is 1.97 bits per heavy atom. The molecule has 2 heterocycles.